The van der Waals surface area contributed by atoms with Gasteiger partial charge in [0.1, 0.15) is 12.2 Å². The molecule has 0 bridgehead atoms. The molecule has 0 N–H and O–H groups in total. The van der Waals surface area contributed by atoms with Gasteiger partial charge in [0, 0.05) is 11.2 Å². The summed E-state index contributed by atoms with van der Waals surface area (Å²) in [5, 5.41) is 0. The number of fused-ring (bicyclic) bond motifs is 1. The Morgan fingerprint density at radius 2 is 2.06 bits per heavy atom. The molecule has 0 saturated carbocycles. The van der Waals surface area contributed by atoms with Crippen molar-refractivity contribution < 1.29 is 19.0 Å². The molecule has 0 spiro atoms. The average Bonchev–Trinajstić information content (AvgIpc) is 2.68. The molecule has 2 aliphatic heterocycles. The van der Waals surface area contributed by atoms with Crippen LogP contribution in [0.1, 0.15) is 46.0 Å². The van der Waals surface area contributed by atoms with Gasteiger partial charge in [0.15, 0.2) is 0 Å². The van der Waals surface area contributed by atoms with Crippen molar-refractivity contribution in [2.24, 2.45) is 0 Å². The van der Waals surface area contributed by atoms with Crippen LogP contribution in [0.15, 0.2) is 0 Å². The second-order valence-electron chi connectivity index (χ2n) is 5.14. The lowest BCUT2D eigenvalue weighted by Gasteiger charge is -2.25. The smallest absolute Gasteiger partial charge is 0.427 e. The maximum Gasteiger partial charge on any atom is 0.509 e. The third-order valence-electron chi connectivity index (χ3n) is 3.65. The van der Waals surface area contributed by atoms with Gasteiger partial charge in [0.05, 0.1) is 12.2 Å². The molecule has 0 unspecified atom stereocenters. The van der Waals surface area contributed by atoms with Crippen LogP contribution in [0.3, 0.4) is 0 Å². The molecule has 5 atom stereocenters. The molecule has 18 heavy (non-hydrogen) atoms. The number of rotatable bonds is 2. The van der Waals surface area contributed by atoms with E-state index in [-0.39, 0.29) is 24.4 Å². The predicted molar refractivity (Wildman–Crippen MR) is 71.0 cm³/mol. The molecular weight excluding hydrogens is 300 g/mol. The topological polar surface area (TPSA) is 44.8 Å². The van der Waals surface area contributed by atoms with Gasteiger partial charge in [-0.15, -0.1) is 0 Å². The fraction of sp³-hybridized carbons (Fsp3) is 0.923. The molecule has 2 rings (SSSR count). The number of halogens is 1. The minimum absolute atomic E-state index is 0.0849. The van der Waals surface area contributed by atoms with E-state index in [0.29, 0.717) is 4.83 Å². The first-order valence-electron chi connectivity index (χ1n) is 6.77. The van der Waals surface area contributed by atoms with Crippen molar-refractivity contribution in [1.29, 1.82) is 0 Å². The van der Waals surface area contributed by atoms with Crippen LogP contribution in [0.5, 0.6) is 0 Å². The number of carbonyl (C=O) groups is 1. The molecule has 0 aromatic rings. The quantitative estimate of drug-likeness (QED) is 0.577. The Hall–Kier alpha value is -0.290. The molecule has 0 amide bonds. The summed E-state index contributed by atoms with van der Waals surface area (Å²) >= 11 is 3.68. The van der Waals surface area contributed by atoms with Crippen LogP contribution in [0.4, 0.5) is 4.79 Å². The van der Waals surface area contributed by atoms with E-state index >= 15 is 0 Å². The summed E-state index contributed by atoms with van der Waals surface area (Å²) in [6.45, 7) is 4.19. The highest BCUT2D eigenvalue weighted by molar-refractivity contribution is 9.09. The Morgan fingerprint density at radius 3 is 2.78 bits per heavy atom. The van der Waals surface area contributed by atoms with Crippen molar-refractivity contribution in [2.75, 3.05) is 0 Å². The van der Waals surface area contributed by atoms with Crippen molar-refractivity contribution in [2.45, 2.75) is 75.2 Å². The highest BCUT2D eigenvalue weighted by atomic mass is 79.9. The number of alkyl halides is 1. The summed E-state index contributed by atoms with van der Waals surface area (Å²) in [4.78, 5) is 11.5. The fourth-order valence-corrected chi connectivity index (χ4v) is 3.06. The first-order valence-corrected chi connectivity index (χ1v) is 7.68. The molecule has 0 aliphatic carbocycles. The Balaban J connectivity index is 1.99. The van der Waals surface area contributed by atoms with Crippen molar-refractivity contribution in [3.63, 3.8) is 0 Å². The molecule has 4 nitrogen and oxygen atoms in total. The Morgan fingerprint density at radius 1 is 1.33 bits per heavy atom. The van der Waals surface area contributed by atoms with Crippen LogP contribution in [0.2, 0.25) is 0 Å². The molecule has 104 valence electrons. The van der Waals surface area contributed by atoms with Gasteiger partial charge in [0.2, 0.25) is 0 Å². The average molecular weight is 321 g/mol. The van der Waals surface area contributed by atoms with E-state index in [1.165, 1.54) is 0 Å². The molecule has 2 saturated heterocycles. The van der Waals surface area contributed by atoms with Crippen LogP contribution in [-0.2, 0) is 14.2 Å². The normalized spacial score (nSPS) is 38.7. The number of hydrogen-bond acceptors (Lipinski definition) is 4. The highest BCUT2D eigenvalue weighted by Gasteiger charge is 2.39. The van der Waals surface area contributed by atoms with Gasteiger partial charge in [-0.2, -0.15) is 0 Å². The van der Waals surface area contributed by atoms with Gasteiger partial charge in [-0.25, -0.2) is 4.79 Å². The molecule has 2 heterocycles. The van der Waals surface area contributed by atoms with Crippen LogP contribution in [-0.4, -0.2) is 35.4 Å². The van der Waals surface area contributed by atoms with E-state index in [9.17, 15) is 4.79 Å². The molecule has 5 heteroatoms. The molecule has 0 radical (unpaired) electrons. The maximum absolute atomic E-state index is 11.2. The summed E-state index contributed by atoms with van der Waals surface area (Å²) in [6, 6.07) is 0. The number of hydrogen-bond donors (Lipinski definition) is 0. The number of ether oxygens (including phenoxy) is 3. The van der Waals surface area contributed by atoms with E-state index in [1.54, 1.807) is 0 Å². The van der Waals surface area contributed by atoms with Crippen LogP contribution in [0.25, 0.3) is 0 Å². The minimum atomic E-state index is -0.527. The second kappa shape index (κ2) is 6.24. The summed E-state index contributed by atoms with van der Waals surface area (Å²) in [7, 11) is 0. The third-order valence-corrected chi connectivity index (χ3v) is 4.89. The lowest BCUT2D eigenvalue weighted by Crippen LogP contribution is -2.30. The zero-order chi connectivity index (χ0) is 13.1. The van der Waals surface area contributed by atoms with Gasteiger partial charge in [0.25, 0.3) is 0 Å². The molecule has 2 aliphatic rings. The van der Waals surface area contributed by atoms with Gasteiger partial charge >= 0.3 is 6.16 Å². The van der Waals surface area contributed by atoms with Gasteiger partial charge < -0.3 is 14.2 Å². The van der Waals surface area contributed by atoms with E-state index in [1.807, 2.05) is 6.92 Å². The minimum Gasteiger partial charge on any atom is -0.427 e. The molecule has 0 aromatic heterocycles. The first-order chi connectivity index (χ1) is 8.60. The highest BCUT2D eigenvalue weighted by Crippen LogP contribution is 2.30. The largest absolute Gasteiger partial charge is 0.509 e. The number of carbonyl (C=O) groups excluding carboxylic acids is 1. The maximum atomic E-state index is 11.2. The van der Waals surface area contributed by atoms with Gasteiger partial charge in [-0.05, 0) is 32.6 Å². The Labute approximate surface area is 116 Å². The Kier molecular flexibility index (Phi) is 4.90. The van der Waals surface area contributed by atoms with Gasteiger partial charge in [-0.1, -0.05) is 22.9 Å². The van der Waals surface area contributed by atoms with E-state index in [2.05, 4.69) is 22.9 Å². The summed E-state index contributed by atoms with van der Waals surface area (Å²) in [6.07, 6.45) is 4.20. The third kappa shape index (κ3) is 3.38. The SMILES string of the molecule is CC[C@H](Br)[C@@H]1CCC[C@H]2OC(=O)O[C@H]2C[C@H](C)O1. The molecular formula is C13H21BrO4. The fourth-order valence-electron chi connectivity index (χ4n) is 2.67. The lowest BCUT2D eigenvalue weighted by atomic mass is 10.0. The summed E-state index contributed by atoms with van der Waals surface area (Å²) < 4.78 is 16.5. The van der Waals surface area contributed by atoms with Crippen molar-refractivity contribution in [3.8, 4) is 0 Å². The Bertz CT molecular complexity index is 297. The van der Waals surface area contributed by atoms with Crippen LogP contribution in [0, 0.1) is 0 Å². The van der Waals surface area contributed by atoms with Gasteiger partial charge in [-0.3, -0.25) is 0 Å². The summed E-state index contributed by atoms with van der Waals surface area (Å²) in [5.74, 6) is 0. The predicted octanol–water partition coefficient (Wildman–Crippen LogP) is 3.41. The monoisotopic (exact) mass is 320 g/mol. The van der Waals surface area contributed by atoms with Crippen LogP contribution < -0.4 is 0 Å². The van der Waals surface area contributed by atoms with Crippen molar-refractivity contribution >= 4 is 22.1 Å². The van der Waals surface area contributed by atoms with E-state index in [0.717, 1.165) is 32.1 Å². The standard InChI is InChI=1S/C13H21BrO4/c1-3-9(14)10-5-4-6-11-12(7-8(2)16-10)18-13(15)17-11/h8-12H,3-7H2,1-2H3/t8-,9-,10-,11+,12-/m0/s1. The zero-order valence-electron chi connectivity index (χ0n) is 10.9. The lowest BCUT2D eigenvalue weighted by molar-refractivity contribution is -0.0245. The van der Waals surface area contributed by atoms with Crippen LogP contribution >= 0.6 is 15.9 Å². The van der Waals surface area contributed by atoms with Crippen molar-refractivity contribution in [1.82, 2.24) is 0 Å². The zero-order valence-corrected chi connectivity index (χ0v) is 12.5. The summed E-state index contributed by atoms with van der Waals surface area (Å²) in [5.41, 5.74) is 0. The van der Waals surface area contributed by atoms with E-state index < -0.39 is 6.16 Å². The molecule has 0 aromatic carbocycles. The van der Waals surface area contributed by atoms with Crippen molar-refractivity contribution in [3.05, 3.63) is 0 Å². The second-order valence-corrected chi connectivity index (χ2v) is 6.31. The molecule has 2 fully saturated rings. The first kappa shape index (κ1) is 14.1. The van der Waals surface area contributed by atoms with E-state index in [4.69, 9.17) is 14.2 Å².